The Labute approximate surface area is 114 Å². The van der Waals surface area contributed by atoms with Crippen molar-refractivity contribution < 1.29 is 19.7 Å². The Morgan fingerprint density at radius 1 is 1.32 bits per heavy atom. The minimum atomic E-state index is -0.723. The first-order valence-electron chi connectivity index (χ1n) is 6.75. The molecule has 1 aliphatic rings. The summed E-state index contributed by atoms with van der Waals surface area (Å²) in [6, 6.07) is 5.33. The summed E-state index contributed by atoms with van der Waals surface area (Å²) in [4.78, 5) is 0. The van der Waals surface area contributed by atoms with Gasteiger partial charge >= 0.3 is 0 Å². The first kappa shape index (κ1) is 14.2. The van der Waals surface area contributed by atoms with Gasteiger partial charge in [0, 0.05) is 11.6 Å². The Morgan fingerprint density at radius 3 is 2.58 bits per heavy atom. The van der Waals surface area contributed by atoms with Crippen molar-refractivity contribution in [2.45, 2.75) is 44.3 Å². The third kappa shape index (κ3) is 3.39. The molecule has 1 saturated carbocycles. The zero-order chi connectivity index (χ0) is 13.9. The number of aliphatic hydroxyl groups excluding tert-OH is 1. The van der Waals surface area contributed by atoms with Crippen LogP contribution in [-0.4, -0.2) is 29.5 Å². The molecule has 0 aromatic heterocycles. The summed E-state index contributed by atoms with van der Waals surface area (Å²) >= 11 is 0. The average Bonchev–Trinajstić information content (AvgIpc) is 2.83. The van der Waals surface area contributed by atoms with Crippen LogP contribution < -0.4 is 9.47 Å². The second kappa shape index (κ2) is 5.80. The van der Waals surface area contributed by atoms with E-state index in [1.165, 1.54) is 0 Å². The quantitative estimate of drug-likeness (QED) is 0.859. The van der Waals surface area contributed by atoms with E-state index in [1.807, 2.05) is 0 Å². The third-order valence-corrected chi connectivity index (χ3v) is 3.70. The minimum Gasteiger partial charge on any atom is -0.497 e. The smallest absolute Gasteiger partial charge is 0.128 e. The highest BCUT2D eigenvalue weighted by atomic mass is 16.5. The number of benzene rings is 1. The Balaban J connectivity index is 2.13. The molecule has 1 fully saturated rings. The van der Waals surface area contributed by atoms with Gasteiger partial charge in [-0.3, -0.25) is 0 Å². The highest BCUT2D eigenvalue weighted by Crippen LogP contribution is 2.33. The number of aliphatic hydroxyl groups is 2. The fourth-order valence-corrected chi connectivity index (χ4v) is 2.50. The van der Waals surface area contributed by atoms with Gasteiger partial charge in [0.1, 0.15) is 18.1 Å². The molecule has 0 spiro atoms. The van der Waals surface area contributed by atoms with Gasteiger partial charge in [-0.1, -0.05) is 12.8 Å². The average molecular weight is 266 g/mol. The largest absolute Gasteiger partial charge is 0.497 e. The lowest BCUT2D eigenvalue weighted by atomic mass is 10.0. The maximum Gasteiger partial charge on any atom is 0.128 e. The molecule has 0 bridgehead atoms. The predicted molar refractivity (Wildman–Crippen MR) is 72.5 cm³/mol. The summed E-state index contributed by atoms with van der Waals surface area (Å²) in [7, 11) is 1.59. The zero-order valence-corrected chi connectivity index (χ0v) is 11.6. The maximum absolute atomic E-state index is 10.3. The van der Waals surface area contributed by atoms with Crippen molar-refractivity contribution in [1.82, 2.24) is 0 Å². The van der Waals surface area contributed by atoms with E-state index in [4.69, 9.17) is 9.47 Å². The van der Waals surface area contributed by atoms with Crippen LogP contribution in [0, 0.1) is 0 Å². The van der Waals surface area contributed by atoms with Gasteiger partial charge < -0.3 is 19.7 Å². The zero-order valence-electron chi connectivity index (χ0n) is 11.6. The van der Waals surface area contributed by atoms with E-state index in [9.17, 15) is 10.2 Å². The van der Waals surface area contributed by atoms with E-state index in [0.29, 0.717) is 17.1 Å². The second-order valence-corrected chi connectivity index (χ2v) is 5.30. The van der Waals surface area contributed by atoms with Gasteiger partial charge in [-0.15, -0.1) is 0 Å². The van der Waals surface area contributed by atoms with E-state index in [0.717, 1.165) is 25.7 Å². The molecule has 0 aliphatic heterocycles. The van der Waals surface area contributed by atoms with Crippen molar-refractivity contribution in [3.8, 4) is 11.5 Å². The molecule has 0 saturated heterocycles. The van der Waals surface area contributed by atoms with E-state index in [2.05, 4.69) is 0 Å². The van der Waals surface area contributed by atoms with Crippen LogP contribution >= 0.6 is 0 Å². The van der Waals surface area contributed by atoms with Crippen molar-refractivity contribution in [3.63, 3.8) is 0 Å². The van der Waals surface area contributed by atoms with Crippen LogP contribution in [0.15, 0.2) is 18.2 Å². The summed E-state index contributed by atoms with van der Waals surface area (Å²) < 4.78 is 10.9. The third-order valence-electron chi connectivity index (χ3n) is 3.70. The molecular weight excluding hydrogens is 244 g/mol. The fourth-order valence-electron chi connectivity index (χ4n) is 2.50. The molecule has 0 heterocycles. The molecule has 0 radical (unpaired) electrons. The molecule has 2 rings (SSSR count). The lowest BCUT2D eigenvalue weighted by Crippen LogP contribution is -2.32. The van der Waals surface area contributed by atoms with E-state index < -0.39 is 11.7 Å². The molecule has 4 heteroatoms. The number of ether oxygens (including phenoxy) is 2. The van der Waals surface area contributed by atoms with Crippen LogP contribution in [0.25, 0.3) is 0 Å². The van der Waals surface area contributed by atoms with Gasteiger partial charge in [0.05, 0.1) is 18.8 Å². The predicted octanol–water partition coefficient (Wildman–Crippen LogP) is 2.43. The first-order valence-corrected chi connectivity index (χ1v) is 6.75. The van der Waals surface area contributed by atoms with Gasteiger partial charge in [-0.2, -0.15) is 0 Å². The van der Waals surface area contributed by atoms with Crippen LogP contribution in [0.2, 0.25) is 0 Å². The molecule has 1 aromatic rings. The van der Waals surface area contributed by atoms with Crippen LogP contribution in [0.1, 0.15) is 44.3 Å². The molecule has 1 aromatic carbocycles. The van der Waals surface area contributed by atoms with Gasteiger partial charge in [-0.05, 0) is 31.9 Å². The first-order chi connectivity index (χ1) is 9.04. The lowest BCUT2D eigenvalue weighted by molar-refractivity contribution is 0.000409. The molecule has 19 heavy (non-hydrogen) atoms. The monoisotopic (exact) mass is 266 g/mol. The van der Waals surface area contributed by atoms with Crippen molar-refractivity contribution in [2.75, 3.05) is 13.7 Å². The molecule has 1 atom stereocenters. The minimum absolute atomic E-state index is 0.264. The van der Waals surface area contributed by atoms with Gasteiger partial charge in [-0.25, -0.2) is 0 Å². The SMILES string of the molecule is COc1ccc([C@H](C)O)c(OCC2(O)CCCC2)c1. The molecule has 0 unspecified atom stereocenters. The molecule has 2 N–H and O–H groups in total. The molecule has 106 valence electrons. The Kier molecular flexibility index (Phi) is 4.32. The summed E-state index contributed by atoms with van der Waals surface area (Å²) in [5, 5.41) is 20.0. The maximum atomic E-state index is 10.3. The summed E-state index contributed by atoms with van der Waals surface area (Å²) in [6.45, 7) is 1.96. The number of methoxy groups -OCH3 is 1. The van der Waals surface area contributed by atoms with Gasteiger partial charge in [0.15, 0.2) is 0 Å². The van der Waals surface area contributed by atoms with Crippen molar-refractivity contribution in [3.05, 3.63) is 23.8 Å². The van der Waals surface area contributed by atoms with Gasteiger partial charge in [0.2, 0.25) is 0 Å². The van der Waals surface area contributed by atoms with E-state index in [1.54, 1.807) is 32.2 Å². The Morgan fingerprint density at radius 2 is 2.00 bits per heavy atom. The topological polar surface area (TPSA) is 58.9 Å². The number of hydrogen-bond acceptors (Lipinski definition) is 4. The molecule has 1 aliphatic carbocycles. The van der Waals surface area contributed by atoms with Crippen molar-refractivity contribution in [1.29, 1.82) is 0 Å². The number of rotatable bonds is 5. The highest BCUT2D eigenvalue weighted by molar-refractivity contribution is 5.41. The Bertz CT molecular complexity index is 422. The summed E-state index contributed by atoms with van der Waals surface area (Å²) in [5.74, 6) is 1.26. The van der Waals surface area contributed by atoms with Crippen molar-refractivity contribution >= 4 is 0 Å². The lowest BCUT2D eigenvalue weighted by Gasteiger charge is -2.24. The summed E-state index contributed by atoms with van der Waals surface area (Å²) in [5.41, 5.74) is -0.0126. The van der Waals surface area contributed by atoms with Crippen LogP contribution in [0.4, 0.5) is 0 Å². The summed E-state index contributed by atoms with van der Waals surface area (Å²) in [6.07, 6.45) is 3.03. The fraction of sp³-hybridized carbons (Fsp3) is 0.600. The second-order valence-electron chi connectivity index (χ2n) is 5.30. The van der Waals surface area contributed by atoms with Crippen LogP contribution in [-0.2, 0) is 0 Å². The van der Waals surface area contributed by atoms with Crippen molar-refractivity contribution in [2.24, 2.45) is 0 Å². The molecular formula is C15H22O4. The normalized spacial score (nSPS) is 19.2. The van der Waals surface area contributed by atoms with Crippen LogP contribution in [0.5, 0.6) is 11.5 Å². The van der Waals surface area contributed by atoms with Crippen LogP contribution in [0.3, 0.4) is 0 Å². The Hall–Kier alpha value is -1.26. The van der Waals surface area contributed by atoms with E-state index in [-0.39, 0.29) is 6.61 Å². The molecule has 0 amide bonds. The number of hydrogen-bond donors (Lipinski definition) is 2. The highest BCUT2D eigenvalue weighted by Gasteiger charge is 2.32. The van der Waals surface area contributed by atoms with E-state index >= 15 is 0 Å². The van der Waals surface area contributed by atoms with Gasteiger partial charge in [0.25, 0.3) is 0 Å². The molecule has 4 nitrogen and oxygen atoms in total. The standard InChI is InChI=1S/C15H22O4/c1-11(16)13-6-5-12(18-2)9-14(13)19-10-15(17)7-3-4-8-15/h5-6,9,11,16-17H,3-4,7-8,10H2,1-2H3/t11-/m0/s1.